The van der Waals surface area contributed by atoms with Crippen LogP contribution in [0.5, 0.6) is 5.75 Å². The molecule has 1 heterocycles. The molecule has 21 heavy (non-hydrogen) atoms. The Morgan fingerprint density at radius 3 is 2.52 bits per heavy atom. The van der Waals surface area contributed by atoms with Crippen LogP contribution >= 0.6 is 0 Å². The molecule has 3 heteroatoms. The number of fused-ring (bicyclic) bond motifs is 1. The van der Waals surface area contributed by atoms with E-state index in [0.29, 0.717) is 17.8 Å². The van der Waals surface area contributed by atoms with Crippen LogP contribution in [0, 0.1) is 6.92 Å². The van der Waals surface area contributed by atoms with E-state index < -0.39 is 0 Å². The van der Waals surface area contributed by atoms with Gasteiger partial charge in [-0.15, -0.1) is 0 Å². The van der Waals surface area contributed by atoms with Gasteiger partial charge in [-0.2, -0.15) is 0 Å². The van der Waals surface area contributed by atoms with Crippen molar-refractivity contribution >= 4 is 11.0 Å². The summed E-state index contributed by atoms with van der Waals surface area (Å²) >= 11 is 0. The van der Waals surface area contributed by atoms with Gasteiger partial charge in [0.15, 0.2) is 0 Å². The second kappa shape index (κ2) is 5.44. The Morgan fingerprint density at radius 2 is 1.81 bits per heavy atom. The molecule has 0 bridgehead atoms. The largest absolute Gasteiger partial charge is 0.494 e. The van der Waals surface area contributed by atoms with Gasteiger partial charge in [-0.05, 0) is 49.2 Å². The van der Waals surface area contributed by atoms with Crippen LogP contribution in [0.25, 0.3) is 22.1 Å². The Bertz CT molecular complexity index is 829. The molecule has 0 aliphatic heterocycles. The van der Waals surface area contributed by atoms with Gasteiger partial charge in [0, 0.05) is 5.39 Å². The number of aryl methyl sites for hydroxylation is 1. The average Bonchev–Trinajstić information content (AvgIpc) is 2.48. The molecular weight excluding hydrogens is 264 g/mol. The molecular formula is C18H16O3. The molecule has 0 aliphatic carbocycles. The van der Waals surface area contributed by atoms with E-state index >= 15 is 0 Å². The van der Waals surface area contributed by atoms with Gasteiger partial charge in [-0.3, -0.25) is 0 Å². The molecule has 1 aromatic heterocycles. The van der Waals surface area contributed by atoms with Crippen molar-refractivity contribution in [1.29, 1.82) is 0 Å². The Kier molecular flexibility index (Phi) is 3.48. The summed E-state index contributed by atoms with van der Waals surface area (Å²) in [5, 5.41) is 0.920. The van der Waals surface area contributed by atoms with Crippen molar-refractivity contribution in [1.82, 2.24) is 0 Å². The predicted molar refractivity (Wildman–Crippen MR) is 83.8 cm³/mol. The van der Waals surface area contributed by atoms with E-state index in [0.717, 1.165) is 22.3 Å². The molecule has 0 radical (unpaired) electrons. The Hall–Kier alpha value is -2.55. The normalized spacial score (nSPS) is 10.8. The minimum atomic E-state index is -0.322. The lowest BCUT2D eigenvalue weighted by Crippen LogP contribution is -2.02. The zero-order valence-corrected chi connectivity index (χ0v) is 12.1. The summed E-state index contributed by atoms with van der Waals surface area (Å²) in [5.41, 5.74) is 2.76. The van der Waals surface area contributed by atoms with Gasteiger partial charge in [0.25, 0.3) is 0 Å². The fourth-order valence-corrected chi connectivity index (χ4v) is 2.32. The fraction of sp³-hybridized carbons (Fsp3) is 0.167. The zero-order valence-electron chi connectivity index (χ0n) is 12.1. The summed E-state index contributed by atoms with van der Waals surface area (Å²) in [6.07, 6.45) is 0. The van der Waals surface area contributed by atoms with Crippen molar-refractivity contribution in [2.75, 3.05) is 6.61 Å². The van der Waals surface area contributed by atoms with E-state index in [1.165, 1.54) is 0 Å². The number of hydrogen-bond donors (Lipinski definition) is 0. The molecule has 0 N–H and O–H groups in total. The highest BCUT2D eigenvalue weighted by molar-refractivity contribution is 5.82. The summed E-state index contributed by atoms with van der Waals surface area (Å²) in [4.78, 5) is 12.2. The van der Waals surface area contributed by atoms with Crippen LogP contribution in [0.3, 0.4) is 0 Å². The number of rotatable bonds is 3. The molecule has 0 saturated carbocycles. The molecule has 0 amide bonds. The first kappa shape index (κ1) is 13.4. The maximum atomic E-state index is 12.2. The molecule has 2 aromatic carbocycles. The summed E-state index contributed by atoms with van der Waals surface area (Å²) in [7, 11) is 0. The molecule has 3 rings (SSSR count). The summed E-state index contributed by atoms with van der Waals surface area (Å²) in [5.74, 6) is 0.794. The Morgan fingerprint density at radius 1 is 1.05 bits per heavy atom. The van der Waals surface area contributed by atoms with Gasteiger partial charge in [-0.1, -0.05) is 24.3 Å². The maximum absolute atomic E-state index is 12.2. The van der Waals surface area contributed by atoms with Gasteiger partial charge in [0.1, 0.15) is 11.3 Å². The van der Waals surface area contributed by atoms with Crippen molar-refractivity contribution in [2.24, 2.45) is 0 Å². The minimum absolute atomic E-state index is 0.322. The molecule has 0 saturated heterocycles. The van der Waals surface area contributed by atoms with Crippen molar-refractivity contribution in [3.63, 3.8) is 0 Å². The van der Waals surface area contributed by atoms with Gasteiger partial charge in [0.05, 0.1) is 12.2 Å². The molecule has 3 nitrogen and oxygen atoms in total. The average molecular weight is 280 g/mol. The number of hydrogen-bond acceptors (Lipinski definition) is 3. The second-order valence-corrected chi connectivity index (χ2v) is 4.95. The molecule has 0 aliphatic rings. The van der Waals surface area contributed by atoms with Crippen molar-refractivity contribution in [2.45, 2.75) is 13.8 Å². The lowest BCUT2D eigenvalue weighted by Gasteiger charge is -2.05. The molecule has 0 atom stereocenters. The van der Waals surface area contributed by atoms with E-state index in [-0.39, 0.29) is 5.63 Å². The summed E-state index contributed by atoms with van der Waals surface area (Å²) in [6.45, 7) is 4.53. The van der Waals surface area contributed by atoms with Crippen LogP contribution in [0.1, 0.15) is 12.5 Å². The number of ether oxygens (including phenoxy) is 1. The Labute approximate surface area is 122 Å². The first-order valence-corrected chi connectivity index (χ1v) is 6.95. The van der Waals surface area contributed by atoms with Crippen LogP contribution in [0.4, 0.5) is 0 Å². The van der Waals surface area contributed by atoms with Gasteiger partial charge < -0.3 is 9.15 Å². The minimum Gasteiger partial charge on any atom is -0.494 e. The van der Waals surface area contributed by atoms with Crippen LogP contribution in [0.15, 0.2) is 57.7 Å². The quantitative estimate of drug-likeness (QED) is 0.676. The first-order valence-electron chi connectivity index (χ1n) is 6.95. The van der Waals surface area contributed by atoms with E-state index in [9.17, 15) is 4.79 Å². The smallest absolute Gasteiger partial charge is 0.344 e. The molecule has 0 unspecified atom stereocenters. The van der Waals surface area contributed by atoms with Crippen LogP contribution in [0.2, 0.25) is 0 Å². The predicted octanol–water partition coefficient (Wildman–Crippen LogP) is 4.17. The van der Waals surface area contributed by atoms with Gasteiger partial charge in [0.2, 0.25) is 0 Å². The fourth-order valence-electron chi connectivity index (χ4n) is 2.32. The standard InChI is InChI=1S/C18H16O3/c1-3-20-15-8-6-13(7-9-15)16-11-14-5-4-12(2)10-17(14)21-18(16)19/h4-11H,3H2,1-2H3. The highest BCUT2D eigenvalue weighted by Gasteiger charge is 2.08. The molecule has 0 spiro atoms. The molecule has 106 valence electrons. The SMILES string of the molecule is CCOc1ccc(-c2cc3ccc(C)cc3oc2=O)cc1. The monoisotopic (exact) mass is 280 g/mol. The maximum Gasteiger partial charge on any atom is 0.344 e. The highest BCUT2D eigenvalue weighted by Crippen LogP contribution is 2.23. The van der Waals surface area contributed by atoms with Crippen LogP contribution in [-0.4, -0.2) is 6.61 Å². The van der Waals surface area contributed by atoms with Crippen molar-refractivity contribution < 1.29 is 9.15 Å². The molecule has 0 fully saturated rings. The van der Waals surface area contributed by atoms with Crippen molar-refractivity contribution in [3.8, 4) is 16.9 Å². The Balaban J connectivity index is 2.09. The summed E-state index contributed by atoms with van der Waals surface area (Å²) in [6, 6.07) is 15.2. The third-order valence-electron chi connectivity index (χ3n) is 3.37. The van der Waals surface area contributed by atoms with E-state index in [2.05, 4.69) is 0 Å². The highest BCUT2D eigenvalue weighted by atomic mass is 16.5. The third kappa shape index (κ3) is 2.68. The summed E-state index contributed by atoms with van der Waals surface area (Å²) < 4.78 is 10.8. The van der Waals surface area contributed by atoms with E-state index in [1.54, 1.807) is 0 Å². The van der Waals surface area contributed by atoms with E-state index in [1.807, 2.05) is 62.4 Å². The van der Waals surface area contributed by atoms with Crippen LogP contribution < -0.4 is 10.4 Å². The number of benzene rings is 2. The van der Waals surface area contributed by atoms with Gasteiger partial charge in [-0.25, -0.2) is 4.79 Å². The van der Waals surface area contributed by atoms with Crippen LogP contribution in [-0.2, 0) is 0 Å². The second-order valence-electron chi connectivity index (χ2n) is 4.95. The topological polar surface area (TPSA) is 39.4 Å². The lowest BCUT2D eigenvalue weighted by molar-refractivity contribution is 0.340. The van der Waals surface area contributed by atoms with Crippen molar-refractivity contribution in [3.05, 3.63) is 64.5 Å². The lowest BCUT2D eigenvalue weighted by atomic mass is 10.1. The van der Waals surface area contributed by atoms with Gasteiger partial charge >= 0.3 is 5.63 Å². The zero-order chi connectivity index (χ0) is 14.8. The van der Waals surface area contributed by atoms with E-state index in [4.69, 9.17) is 9.15 Å². The first-order chi connectivity index (χ1) is 10.2. The third-order valence-corrected chi connectivity index (χ3v) is 3.37. The molecule has 3 aromatic rings.